The molecule has 2 aromatic heterocycles. The summed E-state index contributed by atoms with van der Waals surface area (Å²) in [6.45, 7) is 0.482. The minimum absolute atomic E-state index is 0.174. The molecule has 0 aliphatic rings. The van der Waals surface area contributed by atoms with E-state index >= 15 is 0 Å². The average Bonchev–Trinajstić information content (AvgIpc) is 3.16. The summed E-state index contributed by atoms with van der Waals surface area (Å²) in [5, 5.41) is 18.5. The van der Waals surface area contributed by atoms with Crippen molar-refractivity contribution in [2.24, 2.45) is 0 Å². The molecule has 0 spiro atoms. The summed E-state index contributed by atoms with van der Waals surface area (Å²) in [5.74, 6) is 0.283. The Morgan fingerprint density at radius 3 is 2.33 bits per heavy atom. The van der Waals surface area contributed by atoms with E-state index in [4.69, 9.17) is 0 Å². The van der Waals surface area contributed by atoms with Crippen molar-refractivity contribution < 1.29 is 13.6 Å². The lowest BCUT2D eigenvalue weighted by molar-refractivity contribution is -0.116. The van der Waals surface area contributed by atoms with Crippen LogP contribution in [0, 0.1) is 11.6 Å². The second-order valence-electron chi connectivity index (χ2n) is 6.64. The smallest absolute Gasteiger partial charge is 0.224 e. The topological polar surface area (TPSA) is 84.2 Å². The van der Waals surface area contributed by atoms with Crippen LogP contribution < -0.4 is 10.6 Å². The fourth-order valence-electron chi connectivity index (χ4n) is 2.86. The molecule has 0 fully saturated rings. The number of benzene rings is 2. The maximum atomic E-state index is 13.0. The van der Waals surface area contributed by atoms with Gasteiger partial charge in [0.1, 0.15) is 17.5 Å². The van der Waals surface area contributed by atoms with E-state index in [0.717, 1.165) is 5.56 Å². The number of fused-ring (bicyclic) bond motifs is 1. The van der Waals surface area contributed by atoms with Gasteiger partial charge in [0.15, 0.2) is 11.5 Å². The third-order valence-electron chi connectivity index (χ3n) is 4.42. The van der Waals surface area contributed by atoms with E-state index in [1.807, 2.05) is 0 Å². The van der Waals surface area contributed by atoms with Crippen molar-refractivity contribution in [1.82, 2.24) is 19.8 Å². The molecule has 30 heavy (non-hydrogen) atoms. The van der Waals surface area contributed by atoms with E-state index in [9.17, 15) is 13.6 Å². The minimum atomic E-state index is -0.363. The first kappa shape index (κ1) is 19.4. The van der Waals surface area contributed by atoms with Crippen LogP contribution in [0.5, 0.6) is 0 Å². The number of amides is 1. The number of nitrogens with zero attached hydrogens (tertiary/aromatic N) is 4. The van der Waals surface area contributed by atoms with Crippen LogP contribution in [0.2, 0.25) is 0 Å². The van der Waals surface area contributed by atoms with Gasteiger partial charge in [-0.1, -0.05) is 12.1 Å². The van der Waals surface area contributed by atoms with Gasteiger partial charge in [0.2, 0.25) is 5.91 Å². The summed E-state index contributed by atoms with van der Waals surface area (Å²) < 4.78 is 27.5. The van der Waals surface area contributed by atoms with Gasteiger partial charge in [-0.3, -0.25) is 4.79 Å². The summed E-state index contributed by atoms with van der Waals surface area (Å²) in [5.41, 5.74) is 2.01. The van der Waals surface area contributed by atoms with Gasteiger partial charge in [0, 0.05) is 25.1 Å². The lowest BCUT2D eigenvalue weighted by atomic mass is 10.2. The van der Waals surface area contributed by atoms with Crippen LogP contribution in [-0.4, -0.2) is 25.7 Å². The minimum Gasteiger partial charge on any atom is -0.365 e. The maximum absolute atomic E-state index is 13.0. The molecule has 7 nitrogen and oxygen atoms in total. The molecule has 9 heteroatoms. The van der Waals surface area contributed by atoms with Crippen LogP contribution >= 0.6 is 0 Å². The third kappa shape index (κ3) is 4.75. The van der Waals surface area contributed by atoms with Gasteiger partial charge in [0.05, 0.1) is 0 Å². The van der Waals surface area contributed by atoms with Gasteiger partial charge in [0.25, 0.3) is 0 Å². The molecular weight excluding hydrogens is 390 g/mol. The summed E-state index contributed by atoms with van der Waals surface area (Å²) in [6, 6.07) is 15.3. The standard InChI is InChI=1S/C21H18F2N6O/c22-15-3-1-14(2-4-15)13-24-18-9-10-19-26-27-20(29(19)28-18)11-12-21(30)25-17-7-5-16(23)6-8-17/h1-10H,11-13H2,(H,24,28)(H,25,30). The first-order chi connectivity index (χ1) is 14.6. The van der Waals surface area contributed by atoms with E-state index < -0.39 is 0 Å². The summed E-state index contributed by atoms with van der Waals surface area (Å²) in [6.07, 6.45) is 0.510. The fourth-order valence-corrected chi connectivity index (χ4v) is 2.86. The summed E-state index contributed by atoms with van der Waals surface area (Å²) >= 11 is 0. The van der Waals surface area contributed by atoms with Gasteiger partial charge in [-0.05, 0) is 54.1 Å². The summed E-state index contributed by atoms with van der Waals surface area (Å²) in [7, 11) is 0. The number of carbonyl (C=O) groups is 1. The zero-order valence-corrected chi connectivity index (χ0v) is 15.8. The van der Waals surface area contributed by atoms with Crippen LogP contribution in [0.15, 0.2) is 60.7 Å². The van der Waals surface area contributed by atoms with E-state index in [1.165, 1.54) is 36.4 Å². The molecule has 2 heterocycles. The average molecular weight is 408 g/mol. The molecule has 1 amide bonds. The molecular formula is C21H18F2N6O. The highest BCUT2D eigenvalue weighted by atomic mass is 19.1. The van der Waals surface area contributed by atoms with E-state index in [1.54, 1.807) is 28.8 Å². The van der Waals surface area contributed by atoms with Crippen molar-refractivity contribution >= 4 is 23.1 Å². The van der Waals surface area contributed by atoms with Crippen LogP contribution in [-0.2, 0) is 17.8 Å². The number of carbonyl (C=O) groups excluding carboxylic acids is 1. The van der Waals surface area contributed by atoms with E-state index in [2.05, 4.69) is 25.9 Å². The molecule has 2 aromatic carbocycles. The zero-order valence-electron chi connectivity index (χ0n) is 15.8. The molecule has 0 saturated carbocycles. The van der Waals surface area contributed by atoms with Crippen LogP contribution in [0.4, 0.5) is 20.3 Å². The highest BCUT2D eigenvalue weighted by Crippen LogP contribution is 2.12. The lowest BCUT2D eigenvalue weighted by Gasteiger charge is -2.07. The molecule has 4 aromatic rings. The van der Waals surface area contributed by atoms with Crippen molar-refractivity contribution in [3.05, 3.63) is 83.7 Å². The fraction of sp³-hybridized carbons (Fsp3) is 0.143. The molecule has 0 radical (unpaired) electrons. The molecule has 0 bridgehead atoms. The van der Waals surface area contributed by atoms with Gasteiger partial charge >= 0.3 is 0 Å². The molecule has 4 rings (SSSR count). The molecule has 0 saturated heterocycles. The van der Waals surface area contributed by atoms with Crippen molar-refractivity contribution in [2.45, 2.75) is 19.4 Å². The molecule has 2 N–H and O–H groups in total. The van der Waals surface area contributed by atoms with E-state index in [-0.39, 0.29) is 24.0 Å². The second-order valence-corrected chi connectivity index (χ2v) is 6.64. The van der Waals surface area contributed by atoms with Gasteiger partial charge in [-0.2, -0.15) is 4.52 Å². The van der Waals surface area contributed by atoms with Crippen molar-refractivity contribution in [3.8, 4) is 0 Å². The number of nitrogens with one attached hydrogen (secondary N) is 2. The maximum Gasteiger partial charge on any atom is 0.224 e. The van der Waals surface area contributed by atoms with Crippen LogP contribution in [0.3, 0.4) is 0 Å². The number of hydrogen-bond donors (Lipinski definition) is 2. The Labute approximate surface area is 170 Å². The zero-order chi connectivity index (χ0) is 20.9. The highest BCUT2D eigenvalue weighted by molar-refractivity contribution is 5.90. The quantitative estimate of drug-likeness (QED) is 0.488. The van der Waals surface area contributed by atoms with Crippen LogP contribution in [0.25, 0.3) is 5.65 Å². The molecule has 0 atom stereocenters. The number of aromatic nitrogens is 4. The molecule has 0 aliphatic carbocycles. The Balaban J connectivity index is 1.39. The number of rotatable bonds is 7. The Morgan fingerprint density at radius 1 is 0.900 bits per heavy atom. The number of hydrogen-bond acceptors (Lipinski definition) is 5. The highest BCUT2D eigenvalue weighted by Gasteiger charge is 2.11. The van der Waals surface area contributed by atoms with Crippen molar-refractivity contribution in [2.75, 3.05) is 10.6 Å². The Kier molecular flexibility index (Phi) is 5.60. The largest absolute Gasteiger partial charge is 0.365 e. The SMILES string of the molecule is O=C(CCc1nnc2ccc(NCc3ccc(F)cc3)nn12)Nc1ccc(F)cc1. The van der Waals surface area contributed by atoms with Gasteiger partial charge in [-0.25, -0.2) is 8.78 Å². The van der Waals surface area contributed by atoms with Crippen molar-refractivity contribution in [3.63, 3.8) is 0 Å². The second kappa shape index (κ2) is 8.64. The third-order valence-corrected chi connectivity index (χ3v) is 4.42. The van der Waals surface area contributed by atoms with E-state index in [0.29, 0.717) is 35.9 Å². The monoisotopic (exact) mass is 408 g/mol. The predicted molar refractivity (Wildman–Crippen MR) is 108 cm³/mol. The lowest BCUT2D eigenvalue weighted by Crippen LogP contribution is -2.13. The molecule has 0 aliphatic heterocycles. The molecule has 0 unspecified atom stereocenters. The van der Waals surface area contributed by atoms with Crippen LogP contribution in [0.1, 0.15) is 17.8 Å². The Morgan fingerprint density at radius 2 is 1.60 bits per heavy atom. The van der Waals surface area contributed by atoms with Gasteiger partial charge < -0.3 is 10.6 Å². The Bertz CT molecular complexity index is 1160. The number of aryl methyl sites for hydroxylation is 1. The first-order valence-corrected chi connectivity index (χ1v) is 9.32. The molecule has 152 valence electrons. The normalized spacial score (nSPS) is 10.9. The van der Waals surface area contributed by atoms with Gasteiger partial charge in [-0.15, -0.1) is 15.3 Å². The Hall–Kier alpha value is -3.88. The summed E-state index contributed by atoms with van der Waals surface area (Å²) in [4.78, 5) is 12.2. The predicted octanol–water partition coefficient (Wildman–Crippen LogP) is 3.59. The first-order valence-electron chi connectivity index (χ1n) is 9.32. The van der Waals surface area contributed by atoms with Crippen molar-refractivity contribution in [1.29, 1.82) is 0 Å². The number of halogens is 2. The number of anilines is 2.